The van der Waals surface area contributed by atoms with Crippen LogP contribution >= 0.6 is 0 Å². The molecule has 0 saturated carbocycles. The largest absolute Gasteiger partial charge is 0.488 e. The molecule has 7 nitrogen and oxygen atoms in total. The van der Waals surface area contributed by atoms with Crippen LogP contribution in [0, 0.1) is 6.92 Å². The van der Waals surface area contributed by atoms with Gasteiger partial charge in [0.05, 0.1) is 5.69 Å². The highest BCUT2D eigenvalue weighted by atomic mass is 16.6. The zero-order valence-electron chi connectivity index (χ0n) is 13.2. The molecular formula is C15H22N2O5. The standard InChI is InChI=1S/C15H22N2O5/c1-9-6-5-7-10(16)12(9)21-8-11(13(18)19)17-14(20)22-15(2,3)4/h5-7,11H,8,16H2,1-4H3,(H,17,20)(H,18,19)/t11-/m0/s1. The molecule has 122 valence electrons. The van der Waals surface area contributed by atoms with Crippen molar-refractivity contribution < 1.29 is 24.2 Å². The van der Waals surface area contributed by atoms with Gasteiger partial charge in [-0.15, -0.1) is 0 Å². The molecule has 0 aliphatic rings. The van der Waals surface area contributed by atoms with E-state index < -0.39 is 23.7 Å². The van der Waals surface area contributed by atoms with E-state index >= 15 is 0 Å². The number of hydrogen-bond acceptors (Lipinski definition) is 5. The molecule has 0 aromatic heterocycles. The number of anilines is 1. The van der Waals surface area contributed by atoms with E-state index in [2.05, 4.69) is 5.32 Å². The summed E-state index contributed by atoms with van der Waals surface area (Å²) in [6.45, 7) is 6.60. The van der Waals surface area contributed by atoms with Crippen LogP contribution in [0.25, 0.3) is 0 Å². The van der Waals surface area contributed by atoms with Crippen LogP contribution in [0.3, 0.4) is 0 Å². The number of carbonyl (C=O) groups excluding carboxylic acids is 1. The minimum atomic E-state index is -1.24. The van der Waals surface area contributed by atoms with E-state index in [0.717, 1.165) is 5.56 Å². The Labute approximate surface area is 129 Å². The molecule has 1 aromatic rings. The molecule has 0 spiro atoms. The molecule has 0 bridgehead atoms. The van der Waals surface area contributed by atoms with Crippen LogP contribution in [0.4, 0.5) is 10.5 Å². The molecule has 1 aromatic carbocycles. The number of carbonyl (C=O) groups is 2. The van der Waals surface area contributed by atoms with E-state index in [1.165, 1.54) is 0 Å². The molecule has 0 fully saturated rings. The van der Waals surface area contributed by atoms with Crippen LogP contribution in [0.2, 0.25) is 0 Å². The predicted octanol–water partition coefficient (Wildman–Crippen LogP) is 1.93. The highest BCUT2D eigenvalue weighted by molar-refractivity contribution is 5.80. The third-order valence-electron chi connectivity index (χ3n) is 2.63. The van der Waals surface area contributed by atoms with Gasteiger partial charge in [0.15, 0.2) is 6.04 Å². The number of aryl methyl sites for hydroxylation is 1. The average Bonchev–Trinajstić information content (AvgIpc) is 2.34. The van der Waals surface area contributed by atoms with Gasteiger partial charge < -0.3 is 25.6 Å². The number of hydrogen-bond donors (Lipinski definition) is 3. The fraction of sp³-hybridized carbons (Fsp3) is 0.467. The quantitative estimate of drug-likeness (QED) is 0.717. The fourth-order valence-electron chi connectivity index (χ4n) is 1.66. The van der Waals surface area contributed by atoms with Crippen molar-refractivity contribution >= 4 is 17.7 Å². The summed E-state index contributed by atoms with van der Waals surface area (Å²) < 4.78 is 10.5. The van der Waals surface area contributed by atoms with E-state index in [1.54, 1.807) is 45.9 Å². The highest BCUT2D eigenvalue weighted by Crippen LogP contribution is 2.25. The second-order valence-corrected chi connectivity index (χ2v) is 5.84. The molecule has 0 aliphatic carbocycles. The van der Waals surface area contributed by atoms with Gasteiger partial charge in [0.1, 0.15) is 18.0 Å². The van der Waals surface area contributed by atoms with Crippen LogP contribution < -0.4 is 15.8 Å². The zero-order chi connectivity index (χ0) is 16.9. The first-order valence-corrected chi connectivity index (χ1v) is 6.80. The molecule has 7 heteroatoms. The molecule has 22 heavy (non-hydrogen) atoms. The maximum atomic E-state index is 11.6. The molecule has 4 N–H and O–H groups in total. The second-order valence-electron chi connectivity index (χ2n) is 5.84. The summed E-state index contributed by atoms with van der Waals surface area (Å²) in [4.78, 5) is 22.9. The van der Waals surface area contributed by atoms with Crippen molar-refractivity contribution in [2.24, 2.45) is 0 Å². The number of carboxylic acid groups (broad SMARTS) is 1. The van der Waals surface area contributed by atoms with Gasteiger partial charge in [-0.1, -0.05) is 12.1 Å². The van der Waals surface area contributed by atoms with Gasteiger partial charge in [0, 0.05) is 0 Å². The molecule has 1 amide bonds. The summed E-state index contributed by atoms with van der Waals surface area (Å²) in [6, 6.07) is 3.97. The number of nitrogens with one attached hydrogen (secondary N) is 1. The molecule has 0 unspecified atom stereocenters. The SMILES string of the molecule is Cc1cccc(N)c1OC[C@H](NC(=O)OC(C)(C)C)C(=O)O. The van der Waals surface area contributed by atoms with Crippen molar-refractivity contribution in [2.45, 2.75) is 39.3 Å². The molecule has 0 heterocycles. The zero-order valence-corrected chi connectivity index (χ0v) is 13.2. The molecule has 0 aliphatic heterocycles. The van der Waals surface area contributed by atoms with Crippen molar-refractivity contribution in [3.8, 4) is 5.75 Å². The topological polar surface area (TPSA) is 111 Å². The third-order valence-corrected chi connectivity index (χ3v) is 2.63. The van der Waals surface area contributed by atoms with Crippen molar-refractivity contribution in [1.29, 1.82) is 0 Å². The lowest BCUT2D eigenvalue weighted by molar-refractivity contribution is -0.140. The van der Waals surface area contributed by atoms with E-state index in [-0.39, 0.29) is 6.61 Å². The summed E-state index contributed by atoms with van der Waals surface area (Å²) in [5.41, 5.74) is 6.25. The molecule has 1 rings (SSSR count). The molecule has 1 atom stereocenters. The van der Waals surface area contributed by atoms with E-state index in [0.29, 0.717) is 11.4 Å². The number of ether oxygens (including phenoxy) is 2. The number of rotatable bonds is 5. The van der Waals surface area contributed by atoms with Crippen molar-refractivity contribution in [1.82, 2.24) is 5.32 Å². The number of benzene rings is 1. The van der Waals surface area contributed by atoms with Crippen LogP contribution in [-0.4, -0.2) is 35.4 Å². The minimum absolute atomic E-state index is 0.260. The Morgan fingerprint density at radius 1 is 1.36 bits per heavy atom. The summed E-state index contributed by atoms with van der Waals surface area (Å²) in [5, 5.41) is 11.4. The van der Waals surface area contributed by atoms with Gasteiger partial charge in [-0.05, 0) is 39.3 Å². The maximum absolute atomic E-state index is 11.6. The van der Waals surface area contributed by atoms with Gasteiger partial charge in [-0.2, -0.15) is 0 Å². The lowest BCUT2D eigenvalue weighted by atomic mass is 10.2. The van der Waals surface area contributed by atoms with Crippen molar-refractivity contribution in [2.75, 3.05) is 12.3 Å². The number of alkyl carbamates (subject to hydrolysis) is 1. The van der Waals surface area contributed by atoms with E-state index in [1.807, 2.05) is 0 Å². The summed E-state index contributed by atoms with van der Waals surface area (Å²) in [6.07, 6.45) is -0.818. The number of nitrogen functional groups attached to an aromatic ring is 1. The lowest BCUT2D eigenvalue weighted by Gasteiger charge is -2.22. The smallest absolute Gasteiger partial charge is 0.408 e. The van der Waals surface area contributed by atoms with Crippen LogP contribution in [0.1, 0.15) is 26.3 Å². The normalized spacial score (nSPS) is 12.4. The average molecular weight is 310 g/mol. The Morgan fingerprint density at radius 2 is 2.00 bits per heavy atom. The molecule has 0 radical (unpaired) electrons. The number of para-hydroxylation sites is 1. The summed E-state index contributed by atoms with van der Waals surface area (Å²) in [7, 11) is 0. The van der Waals surface area contributed by atoms with Gasteiger partial charge in [0.25, 0.3) is 0 Å². The van der Waals surface area contributed by atoms with Gasteiger partial charge in [-0.3, -0.25) is 0 Å². The van der Waals surface area contributed by atoms with Crippen LogP contribution in [-0.2, 0) is 9.53 Å². The predicted molar refractivity (Wildman–Crippen MR) is 81.9 cm³/mol. The first kappa shape index (κ1) is 17.6. The fourth-order valence-corrected chi connectivity index (χ4v) is 1.66. The van der Waals surface area contributed by atoms with Gasteiger partial charge in [0.2, 0.25) is 0 Å². The van der Waals surface area contributed by atoms with E-state index in [9.17, 15) is 9.59 Å². The minimum Gasteiger partial charge on any atom is -0.488 e. The number of aliphatic carboxylic acids is 1. The van der Waals surface area contributed by atoms with Gasteiger partial charge in [-0.25, -0.2) is 9.59 Å². The Bertz CT molecular complexity index is 531. The Balaban J connectivity index is 2.70. The van der Waals surface area contributed by atoms with Gasteiger partial charge >= 0.3 is 12.1 Å². The Kier molecular flexibility index (Phi) is 5.62. The first-order valence-electron chi connectivity index (χ1n) is 6.80. The maximum Gasteiger partial charge on any atom is 0.408 e. The third kappa shape index (κ3) is 5.51. The van der Waals surface area contributed by atoms with Crippen LogP contribution in [0.15, 0.2) is 18.2 Å². The van der Waals surface area contributed by atoms with Crippen molar-refractivity contribution in [3.63, 3.8) is 0 Å². The number of nitrogens with two attached hydrogens (primary N) is 1. The lowest BCUT2D eigenvalue weighted by Crippen LogP contribution is -2.46. The Morgan fingerprint density at radius 3 is 2.50 bits per heavy atom. The number of carboxylic acids is 1. The monoisotopic (exact) mass is 310 g/mol. The van der Waals surface area contributed by atoms with E-state index in [4.69, 9.17) is 20.3 Å². The summed E-state index contributed by atoms with van der Waals surface area (Å²) in [5.74, 6) is -0.822. The highest BCUT2D eigenvalue weighted by Gasteiger charge is 2.25. The van der Waals surface area contributed by atoms with Crippen molar-refractivity contribution in [3.05, 3.63) is 23.8 Å². The molecular weight excluding hydrogens is 288 g/mol. The number of amides is 1. The first-order chi connectivity index (χ1) is 10.1. The molecule has 0 saturated heterocycles. The van der Waals surface area contributed by atoms with Crippen LogP contribution in [0.5, 0.6) is 5.75 Å². The second kappa shape index (κ2) is 7.02. The summed E-state index contributed by atoms with van der Waals surface area (Å²) >= 11 is 0. The Hall–Kier alpha value is -2.44.